The topological polar surface area (TPSA) is 3.24 Å². The normalized spacial score (nSPS) is 11.0. The second kappa shape index (κ2) is 14.3. The van der Waals surface area contributed by atoms with E-state index in [0.29, 0.717) is 0 Å². The summed E-state index contributed by atoms with van der Waals surface area (Å²) in [7, 11) is 0. The first-order valence-corrected chi connectivity index (χ1v) is 18.2. The van der Waals surface area contributed by atoms with Gasteiger partial charge in [-0.1, -0.05) is 188 Å². The van der Waals surface area contributed by atoms with E-state index in [1.807, 2.05) is 0 Å². The largest absolute Gasteiger partial charge is 0.310 e. The number of hydrogen-bond acceptors (Lipinski definition) is 1. The van der Waals surface area contributed by atoms with Gasteiger partial charge in [-0.05, 0) is 97.2 Å². The summed E-state index contributed by atoms with van der Waals surface area (Å²) in [5.41, 5.74) is 15.4. The van der Waals surface area contributed by atoms with Crippen molar-refractivity contribution in [2.45, 2.75) is 0 Å². The minimum atomic E-state index is 1.10. The summed E-state index contributed by atoms with van der Waals surface area (Å²) in [6.45, 7) is 0. The third kappa shape index (κ3) is 6.53. The average Bonchev–Trinajstić information content (AvgIpc) is 3.25. The molecule has 0 aliphatic carbocycles. The van der Waals surface area contributed by atoms with Gasteiger partial charge in [0.1, 0.15) is 0 Å². The molecular weight excluding hydrogens is 639 g/mol. The summed E-state index contributed by atoms with van der Waals surface area (Å²) < 4.78 is 0. The quantitative estimate of drug-likeness (QED) is 0.155. The zero-order valence-corrected chi connectivity index (χ0v) is 29.3. The van der Waals surface area contributed by atoms with Crippen molar-refractivity contribution < 1.29 is 0 Å². The molecule has 0 saturated heterocycles. The summed E-state index contributed by atoms with van der Waals surface area (Å²) >= 11 is 0. The van der Waals surface area contributed by atoms with E-state index in [-0.39, 0.29) is 0 Å². The van der Waals surface area contributed by atoms with E-state index in [2.05, 4.69) is 229 Å². The predicted molar refractivity (Wildman–Crippen MR) is 226 cm³/mol. The number of nitrogens with zero attached hydrogens (tertiary/aromatic N) is 1. The molecule has 0 bridgehead atoms. The molecule has 0 heterocycles. The maximum absolute atomic E-state index is 2.37. The zero-order chi connectivity index (χ0) is 35.4. The maximum atomic E-state index is 2.37. The maximum Gasteiger partial charge on any atom is 0.0540 e. The van der Waals surface area contributed by atoms with E-state index in [1.54, 1.807) is 0 Å². The van der Waals surface area contributed by atoms with Gasteiger partial charge < -0.3 is 4.90 Å². The fourth-order valence-electron chi connectivity index (χ4n) is 7.39. The van der Waals surface area contributed by atoms with Crippen molar-refractivity contribution >= 4 is 27.8 Å². The van der Waals surface area contributed by atoms with Crippen molar-refractivity contribution in [1.29, 1.82) is 0 Å². The smallest absolute Gasteiger partial charge is 0.0540 e. The molecule has 0 amide bonds. The minimum Gasteiger partial charge on any atom is -0.310 e. The van der Waals surface area contributed by atoms with Crippen LogP contribution in [0.15, 0.2) is 224 Å². The van der Waals surface area contributed by atoms with Crippen molar-refractivity contribution in [3.05, 3.63) is 224 Å². The lowest BCUT2D eigenvalue weighted by atomic mass is 9.94. The Morgan fingerprint density at radius 3 is 1.32 bits per heavy atom. The SMILES string of the molecule is c1ccc(-c2ccc(N(c3ccc(-c4ccc(-c5cccc(-c6cccc7ccccc67)c5)cc4)cc3)c3ccccc3-c3ccccc3)cc2)cc1. The van der Waals surface area contributed by atoms with Gasteiger partial charge in [-0.15, -0.1) is 0 Å². The number of hydrogen-bond donors (Lipinski definition) is 0. The molecule has 9 aromatic carbocycles. The Morgan fingerprint density at radius 2 is 0.660 bits per heavy atom. The van der Waals surface area contributed by atoms with Crippen LogP contribution in [0.3, 0.4) is 0 Å². The number of benzene rings is 9. The van der Waals surface area contributed by atoms with Crippen LogP contribution in [-0.4, -0.2) is 0 Å². The predicted octanol–water partition coefficient (Wildman–Crippen LogP) is 14.6. The Labute approximate surface area is 311 Å². The van der Waals surface area contributed by atoms with E-state index in [1.165, 1.54) is 66.4 Å². The molecule has 1 nitrogen and oxygen atoms in total. The van der Waals surface area contributed by atoms with Crippen LogP contribution in [0.4, 0.5) is 17.1 Å². The molecule has 0 aromatic heterocycles. The average molecular weight is 676 g/mol. The fourth-order valence-corrected chi connectivity index (χ4v) is 7.39. The lowest BCUT2D eigenvalue weighted by Crippen LogP contribution is -2.11. The molecule has 9 aromatic rings. The van der Waals surface area contributed by atoms with Crippen LogP contribution in [0.25, 0.3) is 66.4 Å². The third-order valence-electron chi connectivity index (χ3n) is 10.1. The van der Waals surface area contributed by atoms with Crippen molar-refractivity contribution in [1.82, 2.24) is 0 Å². The van der Waals surface area contributed by atoms with Gasteiger partial charge in [0.25, 0.3) is 0 Å². The van der Waals surface area contributed by atoms with Gasteiger partial charge in [0, 0.05) is 16.9 Å². The highest BCUT2D eigenvalue weighted by atomic mass is 15.1. The van der Waals surface area contributed by atoms with E-state index >= 15 is 0 Å². The minimum absolute atomic E-state index is 1.10. The van der Waals surface area contributed by atoms with Gasteiger partial charge in [0.05, 0.1) is 5.69 Å². The molecule has 0 atom stereocenters. The number of anilines is 3. The molecule has 0 aliphatic heterocycles. The summed E-state index contributed by atoms with van der Waals surface area (Å²) in [4.78, 5) is 2.37. The molecule has 0 fully saturated rings. The Bertz CT molecular complexity index is 2620. The number of para-hydroxylation sites is 1. The molecule has 0 radical (unpaired) electrons. The Morgan fingerprint density at radius 1 is 0.245 bits per heavy atom. The van der Waals surface area contributed by atoms with Crippen LogP contribution >= 0.6 is 0 Å². The molecule has 0 saturated carbocycles. The van der Waals surface area contributed by atoms with Gasteiger partial charge in [0.15, 0.2) is 0 Å². The molecule has 0 aliphatic rings. The van der Waals surface area contributed by atoms with E-state index in [0.717, 1.165) is 17.1 Å². The standard InChI is InChI=1S/C52H37N/c1-3-13-38(14-4-1)40-29-33-47(34-30-40)53(52-24-10-9-22-51(52)44-15-5-2-6-16-44)48-35-31-41(32-36-48)39-25-27-42(28-26-39)45-19-11-20-46(37-45)50-23-12-18-43-17-7-8-21-49(43)50/h1-37H. The fraction of sp³-hybridized carbons (Fsp3) is 0. The first kappa shape index (κ1) is 32.0. The van der Waals surface area contributed by atoms with Gasteiger partial charge in [-0.3, -0.25) is 0 Å². The van der Waals surface area contributed by atoms with Crippen LogP contribution in [-0.2, 0) is 0 Å². The van der Waals surface area contributed by atoms with Gasteiger partial charge in [-0.25, -0.2) is 0 Å². The zero-order valence-electron chi connectivity index (χ0n) is 29.3. The summed E-state index contributed by atoms with van der Waals surface area (Å²) in [6, 6.07) is 80.7. The summed E-state index contributed by atoms with van der Waals surface area (Å²) in [5, 5.41) is 2.53. The molecule has 0 spiro atoms. The summed E-state index contributed by atoms with van der Waals surface area (Å²) in [6.07, 6.45) is 0. The van der Waals surface area contributed by atoms with Crippen LogP contribution < -0.4 is 4.90 Å². The van der Waals surface area contributed by atoms with Crippen LogP contribution in [0, 0.1) is 0 Å². The molecule has 0 unspecified atom stereocenters. The molecule has 250 valence electrons. The molecule has 9 rings (SSSR count). The van der Waals surface area contributed by atoms with Gasteiger partial charge >= 0.3 is 0 Å². The first-order chi connectivity index (χ1) is 26.3. The van der Waals surface area contributed by atoms with E-state index < -0.39 is 0 Å². The van der Waals surface area contributed by atoms with Crippen molar-refractivity contribution in [3.8, 4) is 55.6 Å². The second-order valence-electron chi connectivity index (χ2n) is 13.4. The highest BCUT2D eigenvalue weighted by Crippen LogP contribution is 2.42. The monoisotopic (exact) mass is 675 g/mol. The Balaban J connectivity index is 1.04. The van der Waals surface area contributed by atoms with E-state index in [4.69, 9.17) is 0 Å². The summed E-state index contributed by atoms with van der Waals surface area (Å²) in [5.74, 6) is 0. The first-order valence-electron chi connectivity index (χ1n) is 18.2. The molecular formula is C52H37N. The number of rotatable bonds is 8. The molecule has 53 heavy (non-hydrogen) atoms. The molecule has 1 heteroatoms. The van der Waals surface area contributed by atoms with Crippen LogP contribution in [0.5, 0.6) is 0 Å². The van der Waals surface area contributed by atoms with Crippen molar-refractivity contribution in [2.75, 3.05) is 4.90 Å². The van der Waals surface area contributed by atoms with Gasteiger partial charge in [-0.2, -0.15) is 0 Å². The highest BCUT2D eigenvalue weighted by molar-refractivity contribution is 5.97. The highest BCUT2D eigenvalue weighted by Gasteiger charge is 2.17. The van der Waals surface area contributed by atoms with Crippen LogP contribution in [0.2, 0.25) is 0 Å². The Kier molecular flexibility index (Phi) is 8.66. The van der Waals surface area contributed by atoms with Crippen molar-refractivity contribution in [2.24, 2.45) is 0 Å². The Hall–Kier alpha value is -6.96. The lowest BCUT2D eigenvalue weighted by Gasteiger charge is -2.28. The number of fused-ring (bicyclic) bond motifs is 1. The van der Waals surface area contributed by atoms with Crippen LogP contribution in [0.1, 0.15) is 0 Å². The third-order valence-corrected chi connectivity index (χ3v) is 10.1. The molecule has 0 N–H and O–H groups in total. The van der Waals surface area contributed by atoms with Crippen molar-refractivity contribution in [3.63, 3.8) is 0 Å². The lowest BCUT2D eigenvalue weighted by molar-refractivity contribution is 1.28. The van der Waals surface area contributed by atoms with Gasteiger partial charge in [0.2, 0.25) is 0 Å². The van der Waals surface area contributed by atoms with E-state index in [9.17, 15) is 0 Å². The second-order valence-corrected chi connectivity index (χ2v) is 13.4.